The van der Waals surface area contributed by atoms with Gasteiger partial charge in [0.05, 0.1) is 0 Å². The summed E-state index contributed by atoms with van der Waals surface area (Å²) in [5.41, 5.74) is 3.97. The van der Waals surface area contributed by atoms with E-state index in [1.807, 2.05) is 26.2 Å². The Kier molecular flexibility index (Phi) is 5.45. The van der Waals surface area contributed by atoms with E-state index in [4.69, 9.17) is 0 Å². The van der Waals surface area contributed by atoms with Gasteiger partial charge in [0, 0.05) is 53.2 Å². The van der Waals surface area contributed by atoms with Crippen molar-refractivity contribution in [1.29, 1.82) is 0 Å². The van der Waals surface area contributed by atoms with Gasteiger partial charge in [0.25, 0.3) is 0 Å². The van der Waals surface area contributed by atoms with E-state index < -0.39 is 0 Å². The van der Waals surface area contributed by atoms with E-state index in [1.54, 1.807) is 11.8 Å². The molecule has 1 aromatic carbocycles. The number of fused-ring (bicyclic) bond motifs is 1. The van der Waals surface area contributed by atoms with Crippen LogP contribution < -0.4 is 0 Å². The topological polar surface area (TPSA) is 46.8 Å². The molecule has 2 aromatic heterocycles. The van der Waals surface area contributed by atoms with Gasteiger partial charge in [-0.05, 0) is 62.1 Å². The van der Waals surface area contributed by atoms with Crippen LogP contribution in [0.3, 0.4) is 0 Å². The van der Waals surface area contributed by atoms with Crippen molar-refractivity contribution >= 4 is 27.7 Å². The fourth-order valence-corrected chi connectivity index (χ4v) is 5.83. The summed E-state index contributed by atoms with van der Waals surface area (Å²) in [7, 11) is 2.04. The van der Waals surface area contributed by atoms with Gasteiger partial charge >= 0.3 is 0 Å². The van der Waals surface area contributed by atoms with Gasteiger partial charge in [-0.25, -0.2) is 0 Å². The minimum atomic E-state index is 0.425. The average molecular weight is 484 g/mol. The van der Waals surface area contributed by atoms with Gasteiger partial charge in [-0.3, -0.25) is 4.98 Å². The van der Waals surface area contributed by atoms with E-state index in [0.717, 1.165) is 44.9 Å². The Labute approximate surface area is 190 Å². The Bertz CT molecular complexity index is 1030. The average Bonchev–Trinajstić information content (AvgIpc) is 3.12. The maximum atomic E-state index is 4.39. The van der Waals surface area contributed by atoms with Gasteiger partial charge in [0.2, 0.25) is 0 Å². The molecule has 3 heterocycles. The lowest BCUT2D eigenvalue weighted by atomic mass is 9.95. The van der Waals surface area contributed by atoms with Crippen molar-refractivity contribution in [3.63, 3.8) is 0 Å². The van der Waals surface area contributed by atoms with Crippen molar-refractivity contribution in [2.45, 2.75) is 30.3 Å². The number of aryl methyl sites for hydroxylation is 1. The number of pyridine rings is 1. The van der Waals surface area contributed by atoms with E-state index in [0.29, 0.717) is 5.41 Å². The summed E-state index contributed by atoms with van der Waals surface area (Å²) >= 11 is 5.35. The van der Waals surface area contributed by atoms with Gasteiger partial charge in [0.15, 0.2) is 11.0 Å². The zero-order valence-corrected chi connectivity index (χ0v) is 19.8. The molecule has 3 aromatic rings. The van der Waals surface area contributed by atoms with E-state index in [9.17, 15) is 0 Å². The predicted molar refractivity (Wildman–Crippen MR) is 125 cm³/mol. The number of nitrogens with zero attached hydrogens (tertiary/aromatic N) is 5. The number of halogens is 1. The Balaban J connectivity index is 1.12. The van der Waals surface area contributed by atoms with Crippen LogP contribution in [0.15, 0.2) is 52.2 Å². The number of likely N-dealkylation sites (tertiary alicyclic amines) is 1. The Morgan fingerprint density at radius 3 is 2.77 bits per heavy atom. The summed E-state index contributed by atoms with van der Waals surface area (Å²) in [6.07, 6.45) is 4.39. The van der Waals surface area contributed by atoms with Crippen LogP contribution in [-0.2, 0) is 12.5 Å². The highest BCUT2D eigenvalue weighted by Gasteiger charge is 2.60. The molecule has 30 heavy (non-hydrogen) atoms. The number of rotatable bonds is 7. The zero-order valence-electron chi connectivity index (χ0n) is 17.4. The van der Waals surface area contributed by atoms with Crippen LogP contribution in [0.5, 0.6) is 0 Å². The highest BCUT2D eigenvalue weighted by molar-refractivity contribution is 9.10. The zero-order chi connectivity index (χ0) is 20.7. The molecule has 0 unspecified atom stereocenters. The molecule has 1 saturated heterocycles. The van der Waals surface area contributed by atoms with E-state index in [-0.39, 0.29) is 0 Å². The summed E-state index contributed by atoms with van der Waals surface area (Å²) in [4.78, 5) is 7.02. The first-order valence-corrected chi connectivity index (χ1v) is 12.3. The third-order valence-corrected chi connectivity index (χ3v) is 8.12. The summed E-state index contributed by atoms with van der Waals surface area (Å²) in [5, 5.41) is 9.74. The van der Waals surface area contributed by atoms with Crippen LogP contribution in [0.25, 0.3) is 11.4 Å². The maximum Gasteiger partial charge on any atom is 0.191 e. The van der Waals surface area contributed by atoms with Crippen LogP contribution in [0, 0.1) is 12.8 Å². The smallest absolute Gasteiger partial charge is 0.191 e. The van der Waals surface area contributed by atoms with Gasteiger partial charge in [-0.1, -0.05) is 39.8 Å². The number of piperidine rings is 1. The van der Waals surface area contributed by atoms with Crippen molar-refractivity contribution in [1.82, 2.24) is 24.6 Å². The molecule has 2 aliphatic rings. The highest BCUT2D eigenvalue weighted by Crippen LogP contribution is 2.59. The number of benzene rings is 1. The third-order valence-electron chi connectivity index (χ3n) is 6.49. The minimum absolute atomic E-state index is 0.425. The molecule has 1 saturated carbocycles. The van der Waals surface area contributed by atoms with E-state index in [2.05, 4.69) is 70.9 Å². The number of aromatic nitrogens is 4. The molecule has 0 radical (unpaired) electrons. The lowest BCUT2D eigenvalue weighted by molar-refractivity contribution is 0.299. The molecule has 0 bridgehead atoms. The monoisotopic (exact) mass is 483 g/mol. The molecule has 7 heteroatoms. The third kappa shape index (κ3) is 3.83. The first-order chi connectivity index (χ1) is 14.5. The maximum absolute atomic E-state index is 4.39. The van der Waals surface area contributed by atoms with E-state index >= 15 is 0 Å². The summed E-state index contributed by atoms with van der Waals surface area (Å²) in [5.74, 6) is 2.78. The predicted octanol–water partition coefficient (Wildman–Crippen LogP) is 4.70. The summed E-state index contributed by atoms with van der Waals surface area (Å²) < 4.78 is 3.24. The van der Waals surface area contributed by atoms with Crippen molar-refractivity contribution in [2.24, 2.45) is 13.0 Å². The molecule has 2 fully saturated rings. The molecule has 5 rings (SSSR count). The number of hydrogen-bond acceptors (Lipinski definition) is 5. The van der Waals surface area contributed by atoms with Crippen LogP contribution in [0.2, 0.25) is 0 Å². The van der Waals surface area contributed by atoms with Crippen molar-refractivity contribution in [2.75, 3.05) is 25.4 Å². The van der Waals surface area contributed by atoms with Crippen LogP contribution >= 0.6 is 27.7 Å². The lowest BCUT2D eigenvalue weighted by Gasteiger charge is -2.21. The van der Waals surface area contributed by atoms with Crippen molar-refractivity contribution in [3.05, 3.63) is 58.3 Å². The van der Waals surface area contributed by atoms with E-state index in [1.165, 1.54) is 31.5 Å². The standard InChI is InChI=1S/C23H26BrN5S/c1-16-4-5-17(13-25-16)21-26-27-22(28(21)2)30-11-3-10-29-14-19-12-23(19,15-29)18-6-8-20(24)9-7-18/h4-9,13,19H,3,10-12,14-15H2,1-2H3/t19-,23-/m0/s1. The fourth-order valence-electron chi connectivity index (χ4n) is 4.73. The molecule has 0 N–H and O–H groups in total. The molecule has 156 valence electrons. The number of thioether (sulfide) groups is 1. The normalized spacial score (nSPS) is 23.0. The second-order valence-electron chi connectivity index (χ2n) is 8.55. The lowest BCUT2D eigenvalue weighted by Crippen LogP contribution is -2.27. The molecule has 1 aliphatic heterocycles. The Morgan fingerprint density at radius 2 is 2.00 bits per heavy atom. The second kappa shape index (κ2) is 8.09. The molecule has 0 spiro atoms. The minimum Gasteiger partial charge on any atom is -0.305 e. The van der Waals surface area contributed by atoms with Crippen LogP contribution in [0.1, 0.15) is 24.1 Å². The summed E-state index contributed by atoms with van der Waals surface area (Å²) in [6, 6.07) is 13.0. The number of hydrogen-bond donors (Lipinski definition) is 0. The Hall–Kier alpha value is -1.70. The second-order valence-corrected chi connectivity index (χ2v) is 10.5. The molecule has 1 aliphatic carbocycles. The van der Waals surface area contributed by atoms with Gasteiger partial charge < -0.3 is 9.47 Å². The molecular weight excluding hydrogens is 458 g/mol. The van der Waals surface area contributed by atoms with Crippen molar-refractivity contribution < 1.29 is 0 Å². The molecule has 2 atom stereocenters. The SMILES string of the molecule is Cc1ccc(-c2nnc(SCCCN3C[C@@H]4C[C@@]4(c4ccc(Br)cc4)C3)n2C)cn1. The summed E-state index contributed by atoms with van der Waals surface area (Å²) in [6.45, 7) is 5.61. The first-order valence-electron chi connectivity index (χ1n) is 10.5. The Morgan fingerprint density at radius 1 is 1.17 bits per heavy atom. The molecule has 5 nitrogen and oxygen atoms in total. The molecular formula is C23H26BrN5S. The molecule has 0 amide bonds. The van der Waals surface area contributed by atoms with Crippen molar-refractivity contribution in [3.8, 4) is 11.4 Å². The van der Waals surface area contributed by atoms with Gasteiger partial charge in [-0.15, -0.1) is 10.2 Å². The first kappa shape index (κ1) is 20.2. The van der Waals surface area contributed by atoms with Gasteiger partial charge in [0.1, 0.15) is 0 Å². The quantitative estimate of drug-likeness (QED) is 0.359. The van der Waals surface area contributed by atoms with Gasteiger partial charge in [-0.2, -0.15) is 0 Å². The van der Waals surface area contributed by atoms with Crippen LogP contribution in [-0.4, -0.2) is 50.0 Å². The highest BCUT2D eigenvalue weighted by atomic mass is 79.9. The largest absolute Gasteiger partial charge is 0.305 e. The fraction of sp³-hybridized carbons (Fsp3) is 0.435. The van der Waals surface area contributed by atoms with Crippen LogP contribution in [0.4, 0.5) is 0 Å².